The number of carboxylic acid groups (broad SMARTS) is 1. The number of hydrogen-bond donors (Lipinski definition) is 1. The number of hydrogen-bond acceptors (Lipinski definition) is 2. The first kappa shape index (κ1) is 12.4. The number of carboxylic acids is 1. The first-order valence-corrected chi connectivity index (χ1v) is 6.53. The Hall–Kier alpha value is -1.06. The van der Waals surface area contributed by atoms with Crippen LogP contribution in [0.5, 0.6) is 0 Å². The van der Waals surface area contributed by atoms with E-state index in [0.29, 0.717) is 0 Å². The van der Waals surface area contributed by atoms with Crippen LogP contribution < -0.4 is 0 Å². The lowest BCUT2D eigenvalue weighted by molar-refractivity contribution is -0.151. The zero-order valence-electron chi connectivity index (χ0n) is 10.4. The van der Waals surface area contributed by atoms with Gasteiger partial charge in [-0.25, -0.2) is 0 Å². The fraction of sp³-hybridized carbons (Fsp3) is 0.846. The summed E-state index contributed by atoms with van der Waals surface area (Å²) in [6.45, 7) is 3.06. The zero-order valence-corrected chi connectivity index (χ0v) is 10.4. The summed E-state index contributed by atoms with van der Waals surface area (Å²) in [6, 6.07) is 0. The molecule has 1 saturated heterocycles. The summed E-state index contributed by atoms with van der Waals surface area (Å²) in [5, 5.41) is 9.35. The van der Waals surface area contributed by atoms with E-state index in [-0.39, 0.29) is 17.2 Å². The summed E-state index contributed by atoms with van der Waals surface area (Å²) in [7, 11) is 0. The molecule has 2 fully saturated rings. The van der Waals surface area contributed by atoms with E-state index in [4.69, 9.17) is 0 Å². The largest absolute Gasteiger partial charge is 0.481 e. The van der Waals surface area contributed by atoms with Crippen molar-refractivity contribution >= 4 is 11.9 Å². The van der Waals surface area contributed by atoms with Crippen molar-refractivity contribution in [3.8, 4) is 0 Å². The fourth-order valence-electron chi connectivity index (χ4n) is 3.56. The molecule has 1 heterocycles. The van der Waals surface area contributed by atoms with E-state index in [1.165, 1.54) is 0 Å². The second-order valence-corrected chi connectivity index (χ2v) is 5.51. The van der Waals surface area contributed by atoms with Gasteiger partial charge in [-0.3, -0.25) is 9.59 Å². The van der Waals surface area contributed by atoms with E-state index in [0.717, 1.165) is 51.6 Å². The molecule has 17 heavy (non-hydrogen) atoms. The van der Waals surface area contributed by atoms with Gasteiger partial charge in [0.2, 0.25) is 5.91 Å². The van der Waals surface area contributed by atoms with Crippen LogP contribution in [0.2, 0.25) is 0 Å². The average molecular weight is 239 g/mol. The van der Waals surface area contributed by atoms with Gasteiger partial charge in [0, 0.05) is 20.0 Å². The van der Waals surface area contributed by atoms with Gasteiger partial charge in [0.15, 0.2) is 0 Å². The van der Waals surface area contributed by atoms with E-state index in [2.05, 4.69) is 0 Å². The van der Waals surface area contributed by atoms with Crippen molar-refractivity contribution in [2.75, 3.05) is 13.1 Å². The average Bonchev–Trinajstić information content (AvgIpc) is 2.29. The van der Waals surface area contributed by atoms with Gasteiger partial charge >= 0.3 is 5.97 Å². The summed E-state index contributed by atoms with van der Waals surface area (Å²) in [5.74, 6) is -0.714. The molecule has 0 aromatic heterocycles. The highest BCUT2D eigenvalue weighted by atomic mass is 16.4. The van der Waals surface area contributed by atoms with Crippen molar-refractivity contribution < 1.29 is 14.7 Å². The highest BCUT2D eigenvalue weighted by Gasteiger charge is 2.46. The van der Waals surface area contributed by atoms with Gasteiger partial charge in [-0.2, -0.15) is 0 Å². The summed E-state index contributed by atoms with van der Waals surface area (Å²) in [5.41, 5.74) is -0.0317. The minimum atomic E-state index is -0.638. The number of likely N-dealkylation sites (tertiary alicyclic amines) is 1. The van der Waals surface area contributed by atoms with Crippen molar-refractivity contribution in [2.24, 2.45) is 11.3 Å². The molecule has 2 rings (SSSR count). The van der Waals surface area contributed by atoms with Crippen LogP contribution in [0.4, 0.5) is 0 Å². The third-order valence-corrected chi connectivity index (χ3v) is 4.66. The predicted molar refractivity (Wildman–Crippen MR) is 63.5 cm³/mol. The van der Waals surface area contributed by atoms with Gasteiger partial charge in [-0.1, -0.05) is 12.8 Å². The van der Waals surface area contributed by atoms with Crippen LogP contribution in [0.3, 0.4) is 0 Å². The molecule has 0 bridgehead atoms. The minimum Gasteiger partial charge on any atom is -0.481 e. The molecule has 96 valence electrons. The summed E-state index contributed by atoms with van der Waals surface area (Å²) >= 11 is 0. The van der Waals surface area contributed by atoms with Gasteiger partial charge < -0.3 is 10.0 Å². The number of amides is 1. The van der Waals surface area contributed by atoms with E-state index in [1.807, 2.05) is 4.90 Å². The number of nitrogens with zero attached hydrogens (tertiary/aromatic N) is 1. The van der Waals surface area contributed by atoms with E-state index in [1.54, 1.807) is 6.92 Å². The van der Waals surface area contributed by atoms with E-state index in [9.17, 15) is 14.7 Å². The maximum absolute atomic E-state index is 11.4. The third-order valence-electron chi connectivity index (χ3n) is 4.66. The van der Waals surface area contributed by atoms with Crippen LogP contribution in [0, 0.1) is 11.3 Å². The minimum absolute atomic E-state index is 0.0317. The van der Waals surface area contributed by atoms with Crippen LogP contribution in [-0.4, -0.2) is 35.0 Å². The normalized spacial score (nSPS) is 28.1. The van der Waals surface area contributed by atoms with Crippen molar-refractivity contribution in [3.05, 3.63) is 0 Å². The Morgan fingerprint density at radius 3 is 2.35 bits per heavy atom. The maximum atomic E-state index is 11.4. The molecule has 2 aliphatic rings. The highest BCUT2D eigenvalue weighted by Crippen LogP contribution is 2.48. The smallest absolute Gasteiger partial charge is 0.307 e. The Morgan fingerprint density at radius 2 is 1.82 bits per heavy atom. The molecule has 1 aliphatic carbocycles. The molecular weight excluding hydrogens is 218 g/mol. The Morgan fingerprint density at radius 1 is 1.18 bits per heavy atom. The fourth-order valence-corrected chi connectivity index (χ4v) is 3.56. The first-order chi connectivity index (χ1) is 8.05. The van der Waals surface area contributed by atoms with Crippen LogP contribution in [0.1, 0.15) is 45.4 Å². The second-order valence-electron chi connectivity index (χ2n) is 5.51. The van der Waals surface area contributed by atoms with Crippen LogP contribution in [0.25, 0.3) is 0 Å². The standard InChI is InChI=1S/C13H21NO3/c1-10(15)14-8-6-13(7-9-14)5-3-2-4-11(13)12(16)17/h11H,2-9H2,1H3,(H,16,17). The van der Waals surface area contributed by atoms with Crippen molar-refractivity contribution in [1.29, 1.82) is 0 Å². The molecule has 0 aromatic rings. The predicted octanol–water partition coefficient (Wildman–Crippen LogP) is 1.89. The molecule has 0 aromatic carbocycles. The molecule has 1 aliphatic heterocycles. The van der Waals surface area contributed by atoms with Crippen LogP contribution in [-0.2, 0) is 9.59 Å². The number of aliphatic carboxylic acids is 1. The van der Waals surface area contributed by atoms with Crippen molar-refractivity contribution in [2.45, 2.75) is 45.4 Å². The third kappa shape index (κ3) is 2.31. The molecule has 1 unspecified atom stereocenters. The number of carbonyl (C=O) groups excluding carboxylic acids is 1. The summed E-state index contributed by atoms with van der Waals surface area (Å²) < 4.78 is 0. The molecule has 1 saturated carbocycles. The lowest BCUT2D eigenvalue weighted by Gasteiger charge is -2.47. The molecular formula is C13H21NO3. The SMILES string of the molecule is CC(=O)N1CCC2(CCCCC2C(=O)O)CC1. The molecule has 1 atom stereocenters. The maximum Gasteiger partial charge on any atom is 0.307 e. The quantitative estimate of drug-likeness (QED) is 0.760. The number of carbonyl (C=O) groups is 2. The lowest BCUT2D eigenvalue weighted by atomic mass is 9.61. The van der Waals surface area contributed by atoms with Gasteiger partial charge in [0.1, 0.15) is 0 Å². The van der Waals surface area contributed by atoms with Gasteiger partial charge in [0.05, 0.1) is 5.92 Å². The van der Waals surface area contributed by atoms with Crippen molar-refractivity contribution in [1.82, 2.24) is 4.90 Å². The van der Waals surface area contributed by atoms with E-state index >= 15 is 0 Å². The number of piperidine rings is 1. The van der Waals surface area contributed by atoms with E-state index < -0.39 is 5.97 Å². The van der Waals surface area contributed by atoms with Gasteiger partial charge in [-0.05, 0) is 31.1 Å². The Kier molecular flexibility index (Phi) is 3.40. The topological polar surface area (TPSA) is 57.6 Å². The zero-order chi connectivity index (χ0) is 12.5. The lowest BCUT2D eigenvalue weighted by Crippen LogP contribution is -2.48. The first-order valence-electron chi connectivity index (χ1n) is 6.53. The monoisotopic (exact) mass is 239 g/mol. The molecule has 4 nitrogen and oxygen atoms in total. The molecule has 1 spiro atoms. The highest BCUT2D eigenvalue weighted by molar-refractivity contribution is 5.74. The molecule has 1 amide bonds. The Balaban J connectivity index is 2.08. The Bertz CT molecular complexity index is 319. The molecule has 0 radical (unpaired) electrons. The Labute approximate surface area is 102 Å². The van der Waals surface area contributed by atoms with Gasteiger partial charge in [-0.15, -0.1) is 0 Å². The number of rotatable bonds is 1. The summed E-state index contributed by atoms with van der Waals surface area (Å²) in [4.78, 5) is 24.5. The van der Waals surface area contributed by atoms with Crippen LogP contribution in [0.15, 0.2) is 0 Å². The summed E-state index contributed by atoms with van der Waals surface area (Å²) in [6.07, 6.45) is 5.75. The van der Waals surface area contributed by atoms with Crippen LogP contribution >= 0.6 is 0 Å². The van der Waals surface area contributed by atoms with Gasteiger partial charge in [0.25, 0.3) is 0 Å². The molecule has 1 N–H and O–H groups in total. The van der Waals surface area contributed by atoms with Crippen molar-refractivity contribution in [3.63, 3.8) is 0 Å². The molecule has 4 heteroatoms. The second kappa shape index (κ2) is 4.67.